The van der Waals surface area contributed by atoms with E-state index in [0.717, 1.165) is 22.3 Å². The van der Waals surface area contributed by atoms with Crippen LogP contribution in [0.1, 0.15) is 24.0 Å². The highest BCUT2D eigenvalue weighted by molar-refractivity contribution is 5.91. The van der Waals surface area contributed by atoms with Gasteiger partial charge in [0.2, 0.25) is 17.7 Å². The predicted octanol–water partition coefficient (Wildman–Crippen LogP) is 2.33. The van der Waals surface area contributed by atoms with Gasteiger partial charge in [0.15, 0.2) is 0 Å². The van der Waals surface area contributed by atoms with Crippen molar-refractivity contribution in [2.45, 2.75) is 37.8 Å². The minimum absolute atomic E-state index is 0.113. The molecule has 0 bridgehead atoms. The summed E-state index contributed by atoms with van der Waals surface area (Å²) >= 11 is 0. The number of hydrogen-bond donors (Lipinski definition) is 4. The molecule has 0 fully saturated rings. The van der Waals surface area contributed by atoms with E-state index >= 15 is 0 Å². The number of nitrogens with two attached hydrogens (primary N) is 2. The maximum atomic E-state index is 13.1. The average molecular weight is 473 g/mol. The molecule has 3 amide bonds. The van der Waals surface area contributed by atoms with Crippen molar-refractivity contribution in [1.82, 2.24) is 10.6 Å². The average Bonchev–Trinajstić information content (AvgIpc) is 2.87. The number of carbonyl (C=O) groups excluding carboxylic acids is 3. The van der Waals surface area contributed by atoms with Gasteiger partial charge in [0.25, 0.3) is 0 Å². The largest absolute Gasteiger partial charge is 0.368 e. The van der Waals surface area contributed by atoms with Gasteiger partial charge in [-0.05, 0) is 35.1 Å². The van der Waals surface area contributed by atoms with Crippen LogP contribution in [0.25, 0.3) is 11.1 Å². The second-order valence-electron chi connectivity index (χ2n) is 8.41. The van der Waals surface area contributed by atoms with Gasteiger partial charge in [-0.25, -0.2) is 0 Å². The summed E-state index contributed by atoms with van der Waals surface area (Å²) in [5, 5.41) is 5.47. The number of carbonyl (C=O) groups is 3. The van der Waals surface area contributed by atoms with Gasteiger partial charge in [-0.3, -0.25) is 14.4 Å². The van der Waals surface area contributed by atoms with Crippen molar-refractivity contribution in [2.75, 3.05) is 6.54 Å². The third-order valence-electron chi connectivity index (χ3n) is 5.75. The Morgan fingerprint density at radius 2 is 1.31 bits per heavy atom. The van der Waals surface area contributed by atoms with Gasteiger partial charge in [0.05, 0.1) is 0 Å². The Bertz CT molecular complexity index is 1100. The number of rotatable bonds is 12. The summed E-state index contributed by atoms with van der Waals surface area (Å²) in [5.74, 6) is -1.40. The zero-order chi connectivity index (χ0) is 25.0. The van der Waals surface area contributed by atoms with E-state index in [1.54, 1.807) is 0 Å². The molecule has 0 heterocycles. The molecule has 0 unspecified atom stereocenters. The minimum atomic E-state index is -0.907. The molecule has 182 valence electrons. The molecule has 0 aromatic heterocycles. The van der Waals surface area contributed by atoms with Crippen LogP contribution in [0.5, 0.6) is 0 Å². The lowest BCUT2D eigenvalue weighted by Crippen LogP contribution is -2.53. The lowest BCUT2D eigenvalue weighted by molar-refractivity contribution is -0.131. The molecule has 0 spiro atoms. The molecule has 0 aliphatic rings. The maximum Gasteiger partial charge on any atom is 0.243 e. The van der Waals surface area contributed by atoms with Crippen LogP contribution in [-0.4, -0.2) is 36.3 Å². The Kier molecular flexibility index (Phi) is 9.57. The number of primary amides is 1. The lowest BCUT2D eigenvalue weighted by Gasteiger charge is -2.22. The van der Waals surface area contributed by atoms with Crippen molar-refractivity contribution in [1.29, 1.82) is 0 Å². The summed E-state index contributed by atoms with van der Waals surface area (Å²) < 4.78 is 0. The molecule has 3 rings (SSSR count). The molecule has 0 aliphatic carbocycles. The van der Waals surface area contributed by atoms with Crippen molar-refractivity contribution < 1.29 is 14.4 Å². The fourth-order valence-corrected chi connectivity index (χ4v) is 3.82. The van der Waals surface area contributed by atoms with Crippen LogP contribution in [0.2, 0.25) is 0 Å². The van der Waals surface area contributed by atoms with Gasteiger partial charge in [0, 0.05) is 19.4 Å². The molecule has 0 radical (unpaired) electrons. The van der Waals surface area contributed by atoms with E-state index in [4.69, 9.17) is 11.5 Å². The summed E-state index contributed by atoms with van der Waals surface area (Å²) in [6.07, 6.45) is 1.33. The van der Waals surface area contributed by atoms with Crippen LogP contribution in [-0.2, 0) is 27.2 Å². The monoisotopic (exact) mass is 472 g/mol. The third kappa shape index (κ3) is 8.08. The second-order valence-corrected chi connectivity index (χ2v) is 8.41. The van der Waals surface area contributed by atoms with E-state index in [1.807, 2.05) is 84.9 Å². The first-order valence-electron chi connectivity index (χ1n) is 11.7. The van der Waals surface area contributed by atoms with Gasteiger partial charge >= 0.3 is 0 Å². The molecule has 7 nitrogen and oxygen atoms in total. The fraction of sp³-hybridized carbons (Fsp3) is 0.250. The molecule has 35 heavy (non-hydrogen) atoms. The van der Waals surface area contributed by atoms with E-state index < -0.39 is 23.9 Å². The molecule has 6 N–H and O–H groups in total. The molecule has 3 aromatic rings. The van der Waals surface area contributed by atoms with E-state index in [1.165, 1.54) is 0 Å². The summed E-state index contributed by atoms with van der Waals surface area (Å²) in [6, 6.07) is 25.7. The summed E-state index contributed by atoms with van der Waals surface area (Å²) in [7, 11) is 0. The summed E-state index contributed by atoms with van der Waals surface area (Å²) in [5.41, 5.74) is 15.1. The first-order valence-corrected chi connectivity index (χ1v) is 11.7. The highest BCUT2D eigenvalue weighted by atomic mass is 16.2. The second kappa shape index (κ2) is 13.1. The lowest BCUT2D eigenvalue weighted by atomic mass is 9.99. The highest BCUT2D eigenvalue weighted by Crippen LogP contribution is 2.19. The smallest absolute Gasteiger partial charge is 0.243 e. The number of amides is 3. The molecule has 0 saturated heterocycles. The fourth-order valence-electron chi connectivity index (χ4n) is 3.82. The van der Waals surface area contributed by atoms with Crippen molar-refractivity contribution in [3.63, 3.8) is 0 Å². The molecule has 2 atom stereocenters. The van der Waals surface area contributed by atoms with Crippen molar-refractivity contribution in [3.05, 3.63) is 96.1 Å². The van der Waals surface area contributed by atoms with Gasteiger partial charge in [-0.1, -0.05) is 84.9 Å². The standard InChI is InChI=1S/C28H32N4O3/c29-18-17-26(33)31-24(16-13-20-7-3-1-4-8-20)28(35)32-25(27(30)34)19-21-11-14-23(15-12-21)22-9-5-2-6-10-22/h1-12,14-15,24-25H,13,16-19,29H2,(H2,30,34)(H,31,33)(H,32,35)/t24-,25+/m1/s1. The van der Waals surface area contributed by atoms with Crippen LogP contribution in [0, 0.1) is 0 Å². The van der Waals surface area contributed by atoms with Gasteiger partial charge in [-0.15, -0.1) is 0 Å². The Balaban J connectivity index is 1.67. The first-order chi connectivity index (χ1) is 17.0. The Morgan fingerprint density at radius 1 is 0.714 bits per heavy atom. The minimum Gasteiger partial charge on any atom is -0.368 e. The molecular formula is C28H32N4O3. The van der Waals surface area contributed by atoms with Crippen molar-refractivity contribution >= 4 is 17.7 Å². The van der Waals surface area contributed by atoms with Gasteiger partial charge in [-0.2, -0.15) is 0 Å². The van der Waals surface area contributed by atoms with E-state index in [0.29, 0.717) is 12.8 Å². The topological polar surface area (TPSA) is 127 Å². The zero-order valence-electron chi connectivity index (χ0n) is 19.7. The Labute approximate surface area is 205 Å². The first kappa shape index (κ1) is 25.6. The molecule has 0 aliphatic heterocycles. The van der Waals surface area contributed by atoms with E-state index in [9.17, 15) is 14.4 Å². The predicted molar refractivity (Wildman–Crippen MR) is 137 cm³/mol. The number of nitrogens with one attached hydrogen (secondary N) is 2. The van der Waals surface area contributed by atoms with Crippen LogP contribution in [0.4, 0.5) is 0 Å². The maximum absolute atomic E-state index is 13.1. The summed E-state index contributed by atoms with van der Waals surface area (Å²) in [6.45, 7) is 0.182. The third-order valence-corrected chi connectivity index (χ3v) is 5.75. The van der Waals surface area contributed by atoms with Crippen molar-refractivity contribution in [2.24, 2.45) is 11.5 Å². The molecule has 3 aromatic carbocycles. The van der Waals surface area contributed by atoms with E-state index in [-0.39, 0.29) is 25.3 Å². The van der Waals surface area contributed by atoms with Crippen LogP contribution in [0.15, 0.2) is 84.9 Å². The van der Waals surface area contributed by atoms with Crippen LogP contribution < -0.4 is 22.1 Å². The quantitative estimate of drug-likeness (QED) is 0.323. The molecular weight excluding hydrogens is 440 g/mol. The molecule has 7 heteroatoms. The number of benzene rings is 3. The zero-order valence-corrected chi connectivity index (χ0v) is 19.7. The Hall–Kier alpha value is -3.97. The normalized spacial score (nSPS) is 12.4. The highest BCUT2D eigenvalue weighted by Gasteiger charge is 2.25. The van der Waals surface area contributed by atoms with Crippen LogP contribution >= 0.6 is 0 Å². The van der Waals surface area contributed by atoms with Gasteiger partial charge < -0.3 is 22.1 Å². The van der Waals surface area contributed by atoms with E-state index in [2.05, 4.69) is 10.6 Å². The number of hydrogen-bond acceptors (Lipinski definition) is 4. The van der Waals surface area contributed by atoms with Gasteiger partial charge in [0.1, 0.15) is 12.1 Å². The van der Waals surface area contributed by atoms with Crippen LogP contribution in [0.3, 0.4) is 0 Å². The molecule has 0 saturated carbocycles. The summed E-state index contributed by atoms with van der Waals surface area (Å²) in [4.78, 5) is 37.4. The number of aryl methyl sites for hydroxylation is 1. The SMILES string of the molecule is NCCC(=O)N[C@H](CCc1ccccc1)C(=O)N[C@@H](Cc1ccc(-c2ccccc2)cc1)C(N)=O. The van der Waals surface area contributed by atoms with Crippen molar-refractivity contribution in [3.8, 4) is 11.1 Å². The Morgan fingerprint density at radius 3 is 1.91 bits per heavy atom.